The van der Waals surface area contributed by atoms with Crippen LogP contribution in [0.5, 0.6) is 0 Å². The van der Waals surface area contributed by atoms with Crippen molar-refractivity contribution < 1.29 is 19.5 Å². The highest BCUT2D eigenvalue weighted by atomic mass is 79.9. The maximum atomic E-state index is 10.7. The van der Waals surface area contributed by atoms with Crippen molar-refractivity contribution in [3.8, 4) is 0 Å². The molecule has 6 nitrogen and oxygen atoms in total. The fourth-order valence-electron chi connectivity index (χ4n) is 0.634. The molecule has 0 bridgehead atoms. The van der Waals surface area contributed by atoms with Gasteiger partial charge in [-0.3, -0.25) is 9.59 Å². The van der Waals surface area contributed by atoms with Gasteiger partial charge in [-0.25, -0.2) is 4.79 Å². The number of nitrogens with two attached hydrogens (primary N) is 1. The zero-order valence-electron chi connectivity index (χ0n) is 6.62. The lowest BCUT2D eigenvalue weighted by Crippen LogP contribution is -2.43. The van der Waals surface area contributed by atoms with Crippen LogP contribution >= 0.6 is 15.9 Å². The van der Waals surface area contributed by atoms with Crippen LogP contribution in [0.3, 0.4) is 0 Å². The average Bonchev–Trinajstić information content (AvgIpc) is 2.02. The summed E-state index contributed by atoms with van der Waals surface area (Å²) in [6.45, 7) is 0. The third-order valence-corrected chi connectivity index (χ3v) is 1.67. The van der Waals surface area contributed by atoms with Crippen molar-refractivity contribution in [2.75, 3.05) is 5.33 Å². The third kappa shape index (κ3) is 5.18. The van der Waals surface area contributed by atoms with E-state index in [0.717, 1.165) is 0 Å². The van der Waals surface area contributed by atoms with Gasteiger partial charge in [0, 0.05) is 0 Å². The summed E-state index contributed by atoms with van der Waals surface area (Å²) < 4.78 is 0. The first-order valence-corrected chi connectivity index (χ1v) is 4.46. The quantitative estimate of drug-likeness (QED) is 0.536. The van der Waals surface area contributed by atoms with Crippen LogP contribution in [0.15, 0.2) is 0 Å². The molecule has 4 N–H and O–H groups in total. The van der Waals surface area contributed by atoms with Gasteiger partial charge in [0.15, 0.2) is 0 Å². The number of carboxylic acid groups (broad SMARTS) is 1. The predicted octanol–water partition coefficient (Wildman–Crippen LogP) is -1.17. The monoisotopic (exact) mass is 252 g/mol. The van der Waals surface area contributed by atoms with E-state index in [1.54, 1.807) is 0 Å². The molecule has 0 aromatic carbocycles. The number of primary amides is 1. The molecule has 0 rings (SSSR count). The smallest absolute Gasteiger partial charge is 0.326 e. The Morgan fingerprint density at radius 1 is 1.46 bits per heavy atom. The number of carboxylic acids is 1. The standard InChI is InChI=1S/C6H9BrN2O4/c7-2-5(11)9-3(6(12)13)1-4(8)10/h3H,1-2H2,(H2,8,10)(H,9,11)(H,12,13)/t3-/m0/s1. The van der Waals surface area contributed by atoms with Crippen LogP contribution < -0.4 is 11.1 Å². The second kappa shape index (κ2) is 5.52. The lowest BCUT2D eigenvalue weighted by Gasteiger charge is -2.10. The number of alkyl halides is 1. The minimum atomic E-state index is -1.28. The van der Waals surface area contributed by atoms with Crippen molar-refractivity contribution in [1.29, 1.82) is 0 Å². The number of rotatable bonds is 5. The minimum Gasteiger partial charge on any atom is -0.480 e. The molecule has 0 heterocycles. The van der Waals surface area contributed by atoms with Crippen LogP contribution in [-0.2, 0) is 14.4 Å². The molecule has 0 aromatic rings. The van der Waals surface area contributed by atoms with Crippen LogP contribution in [0.4, 0.5) is 0 Å². The molecule has 74 valence electrons. The Kier molecular flexibility index (Phi) is 5.05. The van der Waals surface area contributed by atoms with Crippen molar-refractivity contribution in [1.82, 2.24) is 5.32 Å². The molecule has 0 aliphatic heterocycles. The second-order valence-electron chi connectivity index (χ2n) is 2.26. The minimum absolute atomic E-state index is 0.0183. The van der Waals surface area contributed by atoms with Crippen LogP contribution in [0, 0.1) is 0 Å². The first kappa shape index (κ1) is 11.9. The summed E-state index contributed by atoms with van der Waals surface area (Å²) in [5, 5.41) is 10.6. The van der Waals surface area contributed by atoms with E-state index in [0.29, 0.717) is 0 Å². The molecule has 7 heteroatoms. The van der Waals surface area contributed by atoms with Crippen LogP contribution in [0.1, 0.15) is 6.42 Å². The first-order chi connectivity index (χ1) is 5.97. The van der Waals surface area contributed by atoms with Gasteiger partial charge in [0.05, 0.1) is 11.8 Å². The van der Waals surface area contributed by atoms with Crippen molar-refractivity contribution in [3.63, 3.8) is 0 Å². The van der Waals surface area contributed by atoms with E-state index in [9.17, 15) is 14.4 Å². The van der Waals surface area contributed by atoms with E-state index in [1.807, 2.05) is 0 Å². The van der Waals surface area contributed by atoms with E-state index in [1.165, 1.54) is 0 Å². The number of amides is 2. The van der Waals surface area contributed by atoms with Gasteiger partial charge in [-0.15, -0.1) is 0 Å². The summed E-state index contributed by atoms with van der Waals surface area (Å²) in [6, 6.07) is -1.25. The van der Waals surface area contributed by atoms with Crippen molar-refractivity contribution in [3.05, 3.63) is 0 Å². The number of hydrogen-bond acceptors (Lipinski definition) is 3. The molecule has 0 aliphatic rings. The number of carbonyl (C=O) groups is 3. The normalized spacial score (nSPS) is 11.8. The number of nitrogens with one attached hydrogen (secondary N) is 1. The molecule has 2 amide bonds. The lowest BCUT2D eigenvalue weighted by atomic mass is 10.2. The number of halogens is 1. The van der Waals surface area contributed by atoms with Gasteiger partial charge in [0.25, 0.3) is 0 Å². The maximum absolute atomic E-state index is 10.7. The molecule has 0 spiro atoms. The Balaban J connectivity index is 4.18. The van der Waals surface area contributed by atoms with Gasteiger partial charge >= 0.3 is 5.97 Å². The number of aliphatic carboxylic acids is 1. The third-order valence-electron chi connectivity index (χ3n) is 1.16. The number of carbonyl (C=O) groups excluding carboxylic acids is 2. The fourth-order valence-corrected chi connectivity index (χ4v) is 0.796. The largest absolute Gasteiger partial charge is 0.480 e. The molecular weight excluding hydrogens is 244 g/mol. The summed E-state index contributed by atoms with van der Waals surface area (Å²) >= 11 is 2.84. The molecule has 0 saturated carbocycles. The Labute approximate surface area is 82.6 Å². The Morgan fingerprint density at radius 3 is 2.31 bits per heavy atom. The topological polar surface area (TPSA) is 109 Å². The van der Waals surface area contributed by atoms with E-state index in [2.05, 4.69) is 21.2 Å². The maximum Gasteiger partial charge on any atom is 0.326 e. The average molecular weight is 253 g/mol. The molecule has 13 heavy (non-hydrogen) atoms. The Hall–Kier alpha value is -1.11. The van der Waals surface area contributed by atoms with Crippen LogP contribution in [0.2, 0.25) is 0 Å². The Morgan fingerprint density at radius 2 is 2.00 bits per heavy atom. The zero-order valence-corrected chi connectivity index (χ0v) is 8.20. The van der Waals surface area contributed by atoms with Gasteiger partial charge in [-0.05, 0) is 0 Å². The molecule has 0 aliphatic carbocycles. The van der Waals surface area contributed by atoms with Gasteiger partial charge in [0.1, 0.15) is 6.04 Å². The van der Waals surface area contributed by atoms with E-state index in [-0.39, 0.29) is 5.33 Å². The SMILES string of the molecule is NC(=O)C[C@H](NC(=O)CBr)C(=O)O. The molecule has 0 radical (unpaired) electrons. The fraction of sp³-hybridized carbons (Fsp3) is 0.500. The van der Waals surface area contributed by atoms with Crippen molar-refractivity contribution in [2.24, 2.45) is 5.73 Å². The summed E-state index contributed by atoms with van der Waals surface area (Å²) in [6.07, 6.45) is -0.409. The second-order valence-corrected chi connectivity index (χ2v) is 2.82. The highest BCUT2D eigenvalue weighted by Gasteiger charge is 2.21. The van der Waals surface area contributed by atoms with Gasteiger partial charge in [-0.1, -0.05) is 15.9 Å². The summed E-state index contributed by atoms with van der Waals surface area (Å²) in [4.78, 5) is 31.6. The molecular formula is C6H9BrN2O4. The number of hydrogen-bond donors (Lipinski definition) is 3. The summed E-state index contributed by atoms with van der Waals surface area (Å²) in [7, 11) is 0. The van der Waals surface area contributed by atoms with Gasteiger partial charge in [-0.2, -0.15) is 0 Å². The molecule has 1 atom stereocenters. The van der Waals surface area contributed by atoms with E-state index < -0.39 is 30.2 Å². The molecule has 0 unspecified atom stereocenters. The van der Waals surface area contributed by atoms with Crippen LogP contribution in [-0.4, -0.2) is 34.3 Å². The molecule has 0 saturated heterocycles. The van der Waals surface area contributed by atoms with Crippen molar-refractivity contribution >= 4 is 33.7 Å². The highest BCUT2D eigenvalue weighted by Crippen LogP contribution is 1.92. The molecule has 0 aromatic heterocycles. The Bertz CT molecular complexity index is 231. The highest BCUT2D eigenvalue weighted by molar-refractivity contribution is 9.09. The molecule has 0 fully saturated rings. The predicted molar refractivity (Wildman–Crippen MR) is 47.2 cm³/mol. The van der Waals surface area contributed by atoms with Crippen molar-refractivity contribution in [2.45, 2.75) is 12.5 Å². The van der Waals surface area contributed by atoms with E-state index in [4.69, 9.17) is 10.8 Å². The lowest BCUT2D eigenvalue weighted by molar-refractivity contribution is -0.143. The zero-order chi connectivity index (χ0) is 10.4. The first-order valence-electron chi connectivity index (χ1n) is 3.33. The van der Waals surface area contributed by atoms with Gasteiger partial charge in [0.2, 0.25) is 11.8 Å². The van der Waals surface area contributed by atoms with E-state index >= 15 is 0 Å². The summed E-state index contributed by atoms with van der Waals surface area (Å²) in [5.74, 6) is -2.57. The summed E-state index contributed by atoms with van der Waals surface area (Å²) in [5.41, 5.74) is 4.78. The van der Waals surface area contributed by atoms with Gasteiger partial charge < -0.3 is 16.2 Å². The van der Waals surface area contributed by atoms with Crippen LogP contribution in [0.25, 0.3) is 0 Å².